The SMILES string of the molecule is COC(=O)c1ncn(CC(=O)Nc2ccc(N)cc2C)n1. The van der Waals surface area contributed by atoms with Crippen LogP contribution in [-0.2, 0) is 16.1 Å². The summed E-state index contributed by atoms with van der Waals surface area (Å²) in [5.41, 5.74) is 7.80. The maximum absolute atomic E-state index is 11.9. The summed E-state index contributed by atoms with van der Waals surface area (Å²) in [6.07, 6.45) is 1.29. The molecular weight excluding hydrogens is 274 g/mol. The Morgan fingerprint density at radius 1 is 1.43 bits per heavy atom. The number of anilines is 2. The number of benzene rings is 1. The van der Waals surface area contributed by atoms with E-state index in [0.717, 1.165) is 5.56 Å². The van der Waals surface area contributed by atoms with Crippen molar-refractivity contribution < 1.29 is 14.3 Å². The van der Waals surface area contributed by atoms with E-state index >= 15 is 0 Å². The van der Waals surface area contributed by atoms with E-state index in [-0.39, 0.29) is 18.3 Å². The number of rotatable bonds is 4. The molecule has 0 saturated heterocycles. The van der Waals surface area contributed by atoms with E-state index in [0.29, 0.717) is 11.4 Å². The number of amides is 1. The number of ether oxygens (including phenoxy) is 1. The van der Waals surface area contributed by atoms with Crippen LogP contribution in [0.2, 0.25) is 0 Å². The van der Waals surface area contributed by atoms with Gasteiger partial charge in [0.05, 0.1) is 7.11 Å². The van der Waals surface area contributed by atoms with E-state index in [9.17, 15) is 9.59 Å². The Balaban J connectivity index is 2.01. The number of aromatic nitrogens is 3. The van der Waals surface area contributed by atoms with Crippen LogP contribution < -0.4 is 11.1 Å². The van der Waals surface area contributed by atoms with Gasteiger partial charge in [-0.25, -0.2) is 14.5 Å². The third kappa shape index (κ3) is 3.56. The van der Waals surface area contributed by atoms with Crippen molar-refractivity contribution in [3.63, 3.8) is 0 Å². The van der Waals surface area contributed by atoms with Gasteiger partial charge in [0.15, 0.2) is 0 Å². The Hall–Kier alpha value is -2.90. The second kappa shape index (κ2) is 6.04. The number of esters is 1. The Morgan fingerprint density at radius 3 is 2.86 bits per heavy atom. The maximum atomic E-state index is 11.9. The van der Waals surface area contributed by atoms with Crippen LogP contribution in [0.1, 0.15) is 16.2 Å². The molecule has 2 aromatic rings. The predicted octanol–water partition coefficient (Wildman–Crippen LogP) is 0.594. The standard InChI is InChI=1S/C13H15N5O3/c1-8-5-9(14)3-4-10(8)16-11(19)6-18-7-15-12(17-18)13(20)21-2/h3-5,7H,6,14H2,1-2H3,(H,16,19). The van der Waals surface area contributed by atoms with Crippen molar-refractivity contribution in [2.24, 2.45) is 0 Å². The molecule has 3 N–H and O–H groups in total. The predicted molar refractivity (Wildman–Crippen MR) is 75.6 cm³/mol. The van der Waals surface area contributed by atoms with Crippen molar-refractivity contribution >= 4 is 23.3 Å². The summed E-state index contributed by atoms with van der Waals surface area (Å²) < 4.78 is 5.75. The average molecular weight is 289 g/mol. The summed E-state index contributed by atoms with van der Waals surface area (Å²) >= 11 is 0. The lowest BCUT2D eigenvalue weighted by molar-refractivity contribution is -0.116. The Morgan fingerprint density at radius 2 is 2.19 bits per heavy atom. The zero-order chi connectivity index (χ0) is 15.4. The normalized spacial score (nSPS) is 10.2. The van der Waals surface area contributed by atoms with Gasteiger partial charge >= 0.3 is 5.97 Å². The Bertz CT molecular complexity index is 680. The second-order valence-electron chi connectivity index (χ2n) is 4.38. The summed E-state index contributed by atoms with van der Waals surface area (Å²) in [4.78, 5) is 26.9. The molecular formula is C13H15N5O3. The van der Waals surface area contributed by atoms with Gasteiger partial charge in [0.25, 0.3) is 5.82 Å². The molecule has 1 aromatic carbocycles. The molecule has 0 unspecified atom stereocenters. The number of nitrogens with zero attached hydrogens (tertiary/aromatic N) is 3. The highest BCUT2D eigenvalue weighted by Crippen LogP contribution is 2.17. The fourth-order valence-electron chi connectivity index (χ4n) is 1.72. The number of carbonyl (C=O) groups is 2. The molecule has 1 amide bonds. The largest absolute Gasteiger partial charge is 0.463 e. The van der Waals surface area contributed by atoms with Crippen LogP contribution in [0.5, 0.6) is 0 Å². The molecule has 2 rings (SSSR count). The molecule has 110 valence electrons. The molecule has 1 aromatic heterocycles. The number of methoxy groups -OCH3 is 1. The number of hydrogen-bond acceptors (Lipinski definition) is 6. The minimum Gasteiger partial charge on any atom is -0.463 e. The summed E-state index contributed by atoms with van der Waals surface area (Å²) in [5.74, 6) is -1.03. The van der Waals surface area contributed by atoms with E-state index in [4.69, 9.17) is 5.73 Å². The molecule has 0 saturated carbocycles. The number of nitrogens with one attached hydrogen (secondary N) is 1. The summed E-state index contributed by atoms with van der Waals surface area (Å²) in [6, 6.07) is 5.19. The van der Waals surface area contributed by atoms with E-state index in [2.05, 4.69) is 20.1 Å². The van der Waals surface area contributed by atoms with Crippen LogP contribution in [0.3, 0.4) is 0 Å². The summed E-state index contributed by atoms with van der Waals surface area (Å²) in [6.45, 7) is 1.78. The highest BCUT2D eigenvalue weighted by molar-refractivity contribution is 5.91. The van der Waals surface area contributed by atoms with E-state index in [1.807, 2.05) is 6.92 Å². The van der Waals surface area contributed by atoms with Crippen molar-refractivity contribution in [3.8, 4) is 0 Å². The van der Waals surface area contributed by atoms with E-state index in [1.165, 1.54) is 18.1 Å². The molecule has 0 aliphatic rings. The van der Waals surface area contributed by atoms with Crippen LogP contribution in [0.15, 0.2) is 24.5 Å². The first-order chi connectivity index (χ1) is 9.99. The van der Waals surface area contributed by atoms with Crippen molar-refractivity contribution in [3.05, 3.63) is 35.9 Å². The monoisotopic (exact) mass is 289 g/mol. The average Bonchev–Trinajstić information content (AvgIpc) is 2.89. The number of nitrogens with two attached hydrogens (primary N) is 1. The van der Waals surface area contributed by atoms with Crippen LogP contribution in [0.4, 0.5) is 11.4 Å². The minimum atomic E-state index is -0.650. The molecule has 8 heteroatoms. The van der Waals surface area contributed by atoms with Crippen molar-refractivity contribution in [1.29, 1.82) is 0 Å². The van der Waals surface area contributed by atoms with Gasteiger partial charge in [-0.05, 0) is 30.7 Å². The molecule has 8 nitrogen and oxygen atoms in total. The zero-order valence-corrected chi connectivity index (χ0v) is 11.7. The van der Waals surface area contributed by atoms with Crippen LogP contribution in [0.25, 0.3) is 0 Å². The van der Waals surface area contributed by atoms with Crippen molar-refractivity contribution in [1.82, 2.24) is 14.8 Å². The Labute approximate surface area is 120 Å². The van der Waals surface area contributed by atoms with Crippen LogP contribution >= 0.6 is 0 Å². The molecule has 0 aliphatic carbocycles. The topological polar surface area (TPSA) is 112 Å². The first-order valence-electron chi connectivity index (χ1n) is 6.13. The lowest BCUT2D eigenvalue weighted by Crippen LogP contribution is -2.20. The van der Waals surface area contributed by atoms with Gasteiger partial charge < -0.3 is 15.8 Å². The first-order valence-corrected chi connectivity index (χ1v) is 6.13. The van der Waals surface area contributed by atoms with Gasteiger partial charge in [-0.1, -0.05) is 0 Å². The number of carbonyl (C=O) groups excluding carboxylic acids is 2. The molecule has 0 fully saturated rings. The minimum absolute atomic E-state index is 0.0617. The lowest BCUT2D eigenvalue weighted by atomic mass is 10.2. The highest BCUT2D eigenvalue weighted by Gasteiger charge is 2.13. The second-order valence-corrected chi connectivity index (χ2v) is 4.38. The van der Waals surface area contributed by atoms with Crippen molar-refractivity contribution in [2.45, 2.75) is 13.5 Å². The molecule has 0 bridgehead atoms. The first kappa shape index (κ1) is 14.5. The van der Waals surface area contributed by atoms with Gasteiger partial charge in [-0.2, -0.15) is 0 Å². The fraction of sp³-hybridized carbons (Fsp3) is 0.231. The van der Waals surface area contributed by atoms with Gasteiger partial charge in [-0.15, -0.1) is 5.10 Å². The number of hydrogen-bond donors (Lipinski definition) is 2. The van der Waals surface area contributed by atoms with Gasteiger partial charge in [-0.3, -0.25) is 4.79 Å². The molecule has 0 aliphatic heterocycles. The maximum Gasteiger partial charge on any atom is 0.377 e. The molecule has 21 heavy (non-hydrogen) atoms. The molecule has 0 atom stereocenters. The third-order valence-electron chi connectivity index (χ3n) is 2.73. The summed E-state index contributed by atoms with van der Waals surface area (Å²) in [5, 5.41) is 6.59. The molecule has 1 heterocycles. The third-order valence-corrected chi connectivity index (χ3v) is 2.73. The highest BCUT2D eigenvalue weighted by atomic mass is 16.5. The quantitative estimate of drug-likeness (QED) is 0.629. The molecule has 0 radical (unpaired) electrons. The van der Waals surface area contributed by atoms with Crippen LogP contribution in [0, 0.1) is 6.92 Å². The van der Waals surface area contributed by atoms with Gasteiger partial charge in [0.2, 0.25) is 5.91 Å². The fourth-order valence-corrected chi connectivity index (χ4v) is 1.72. The zero-order valence-electron chi connectivity index (χ0n) is 11.7. The summed E-state index contributed by atoms with van der Waals surface area (Å²) in [7, 11) is 1.24. The van der Waals surface area contributed by atoms with Gasteiger partial charge in [0.1, 0.15) is 12.9 Å². The Kier molecular flexibility index (Phi) is 4.17. The lowest BCUT2D eigenvalue weighted by Gasteiger charge is -2.08. The molecule has 0 spiro atoms. The van der Waals surface area contributed by atoms with E-state index in [1.54, 1.807) is 18.2 Å². The number of aryl methyl sites for hydroxylation is 1. The van der Waals surface area contributed by atoms with Crippen LogP contribution in [-0.4, -0.2) is 33.8 Å². The van der Waals surface area contributed by atoms with Crippen molar-refractivity contribution in [2.75, 3.05) is 18.2 Å². The van der Waals surface area contributed by atoms with Gasteiger partial charge in [0, 0.05) is 11.4 Å². The smallest absolute Gasteiger partial charge is 0.377 e. The number of nitrogen functional groups attached to an aromatic ring is 1. The van der Waals surface area contributed by atoms with E-state index < -0.39 is 5.97 Å².